The Labute approximate surface area is 340 Å². The molecule has 0 N–H and O–H groups in total. The minimum atomic E-state index is 1.12. The van der Waals surface area contributed by atoms with E-state index in [2.05, 4.69) is 172 Å². The summed E-state index contributed by atoms with van der Waals surface area (Å²) >= 11 is 0. The second-order valence-corrected chi connectivity index (χ2v) is 16.8. The molecule has 10 aromatic rings. The summed E-state index contributed by atoms with van der Waals surface area (Å²) in [6.45, 7) is 4.55. The number of fused-ring (bicyclic) bond motifs is 11. The van der Waals surface area contributed by atoms with Crippen LogP contribution in [0.3, 0.4) is 0 Å². The first-order valence-corrected chi connectivity index (χ1v) is 21.5. The molecule has 0 bridgehead atoms. The van der Waals surface area contributed by atoms with Gasteiger partial charge < -0.3 is 0 Å². The highest BCUT2D eigenvalue weighted by molar-refractivity contribution is 6.29. The van der Waals surface area contributed by atoms with Crippen molar-refractivity contribution in [1.82, 2.24) is 0 Å². The first-order chi connectivity index (χ1) is 28.7. The van der Waals surface area contributed by atoms with Crippen molar-refractivity contribution in [2.24, 2.45) is 0 Å². The van der Waals surface area contributed by atoms with Crippen molar-refractivity contribution in [1.29, 1.82) is 0 Å². The van der Waals surface area contributed by atoms with Crippen LogP contribution in [0.2, 0.25) is 0 Å². The molecular formula is C58H44. The van der Waals surface area contributed by atoms with E-state index in [1.54, 1.807) is 0 Å². The molecule has 0 saturated heterocycles. The van der Waals surface area contributed by atoms with E-state index < -0.39 is 0 Å². The molecule has 2 aliphatic carbocycles. The van der Waals surface area contributed by atoms with Gasteiger partial charge in [-0.25, -0.2) is 0 Å². The molecule has 0 aromatic heterocycles. The van der Waals surface area contributed by atoms with E-state index in [9.17, 15) is 0 Å². The van der Waals surface area contributed by atoms with Crippen molar-refractivity contribution in [3.05, 3.63) is 169 Å². The number of aryl methyl sites for hydroxylation is 2. The van der Waals surface area contributed by atoms with Gasteiger partial charge in [-0.05, 0) is 194 Å². The Morgan fingerprint density at radius 1 is 0.293 bits per heavy atom. The van der Waals surface area contributed by atoms with Gasteiger partial charge in [0, 0.05) is 0 Å². The highest BCUT2D eigenvalue weighted by atomic mass is 14.3. The number of benzene rings is 10. The molecule has 0 radical (unpaired) electrons. The SMILES string of the molecule is CCCCc1ccc(-c2cc3c4cc5c(cc4c(-c4ccc(CCCC)cc4)cc3c3cc4c(cc23)-c2cccc3cccc-4c23)-c2cccc3cccc-5c23)cc1. The minimum Gasteiger partial charge on any atom is -0.0654 e. The van der Waals surface area contributed by atoms with Gasteiger partial charge in [0.05, 0.1) is 0 Å². The Morgan fingerprint density at radius 3 is 0.948 bits per heavy atom. The second-order valence-electron chi connectivity index (χ2n) is 16.8. The Morgan fingerprint density at radius 2 is 0.603 bits per heavy atom. The summed E-state index contributed by atoms with van der Waals surface area (Å²) in [7, 11) is 0. The predicted octanol–water partition coefficient (Wildman–Crippen LogP) is 16.8. The summed E-state index contributed by atoms with van der Waals surface area (Å²) < 4.78 is 0. The molecule has 0 nitrogen and oxygen atoms in total. The first-order valence-electron chi connectivity index (χ1n) is 21.5. The van der Waals surface area contributed by atoms with E-state index in [1.165, 1.54) is 157 Å². The van der Waals surface area contributed by atoms with Crippen LogP contribution in [0.1, 0.15) is 50.7 Å². The zero-order chi connectivity index (χ0) is 38.5. The summed E-state index contributed by atoms with van der Waals surface area (Å²) in [6, 6.07) is 61.4. The summed E-state index contributed by atoms with van der Waals surface area (Å²) in [4.78, 5) is 0. The summed E-state index contributed by atoms with van der Waals surface area (Å²) in [5, 5.41) is 13.3. The average Bonchev–Trinajstić information content (AvgIpc) is 3.77. The smallest absolute Gasteiger partial charge is 0.00264 e. The number of unbranched alkanes of at least 4 members (excludes halogenated alkanes) is 2. The Balaban J connectivity index is 1.20. The molecule has 0 spiro atoms. The lowest BCUT2D eigenvalue weighted by atomic mass is 9.84. The van der Waals surface area contributed by atoms with Crippen LogP contribution >= 0.6 is 0 Å². The fourth-order valence-electron chi connectivity index (χ4n) is 10.5. The molecule has 0 atom stereocenters. The lowest BCUT2D eigenvalue weighted by Crippen LogP contribution is -1.92. The standard InChI is InChI=1S/C58H44/c1-3-5-11-35-21-25-37(26-22-35)45-29-53-54(55-33-49-43-19-9-15-39-13-7-17-41(57(39)43)47(49)31-51(45)55)30-46(38-27-23-36(24-28-38)12-6-4-2)52-32-48-42-18-8-14-40-16-10-20-44(58(40)42)50(48)34-56(52)53/h7-10,13-34H,3-6,11-12H2,1-2H3. The molecule has 0 amide bonds. The minimum absolute atomic E-state index is 1.12. The molecule has 58 heavy (non-hydrogen) atoms. The van der Waals surface area contributed by atoms with Gasteiger partial charge >= 0.3 is 0 Å². The molecule has 0 heteroatoms. The molecule has 0 heterocycles. The summed E-state index contributed by atoms with van der Waals surface area (Å²) in [6.07, 6.45) is 7.09. The normalized spacial score (nSPS) is 12.4. The van der Waals surface area contributed by atoms with E-state index in [0.717, 1.165) is 12.8 Å². The summed E-state index contributed by atoms with van der Waals surface area (Å²) in [5.74, 6) is 0. The largest absolute Gasteiger partial charge is 0.0654 e. The van der Waals surface area contributed by atoms with Crippen molar-refractivity contribution >= 4 is 53.9 Å². The van der Waals surface area contributed by atoms with E-state index in [4.69, 9.17) is 0 Å². The van der Waals surface area contributed by atoms with Crippen molar-refractivity contribution < 1.29 is 0 Å². The fraction of sp³-hybridized carbons (Fsp3) is 0.138. The Kier molecular flexibility index (Phi) is 7.55. The summed E-state index contributed by atoms with van der Waals surface area (Å²) in [5.41, 5.74) is 18.7. The van der Waals surface area contributed by atoms with Gasteiger partial charge in [-0.3, -0.25) is 0 Å². The highest BCUT2D eigenvalue weighted by Gasteiger charge is 2.26. The highest BCUT2D eigenvalue weighted by Crippen LogP contribution is 2.54. The van der Waals surface area contributed by atoms with Gasteiger partial charge in [-0.1, -0.05) is 148 Å². The van der Waals surface area contributed by atoms with Crippen molar-refractivity contribution in [3.63, 3.8) is 0 Å². The van der Waals surface area contributed by atoms with E-state index in [0.29, 0.717) is 0 Å². The zero-order valence-corrected chi connectivity index (χ0v) is 33.3. The van der Waals surface area contributed by atoms with Crippen LogP contribution in [0.4, 0.5) is 0 Å². The van der Waals surface area contributed by atoms with Gasteiger partial charge in [-0.15, -0.1) is 0 Å². The van der Waals surface area contributed by atoms with Gasteiger partial charge in [-0.2, -0.15) is 0 Å². The monoisotopic (exact) mass is 740 g/mol. The lowest BCUT2D eigenvalue weighted by molar-refractivity contribution is 0.795. The van der Waals surface area contributed by atoms with Crippen LogP contribution in [0.25, 0.3) is 121 Å². The molecule has 10 aromatic carbocycles. The van der Waals surface area contributed by atoms with Gasteiger partial charge in [0.25, 0.3) is 0 Å². The Hall–Kier alpha value is -6.50. The number of rotatable bonds is 8. The number of hydrogen-bond donors (Lipinski definition) is 0. The quantitative estimate of drug-likeness (QED) is 0.136. The van der Waals surface area contributed by atoms with Gasteiger partial charge in [0.2, 0.25) is 0 Å². The van der Waals surface area contributed by atoms with Crippen molar-refractivity contribution in [2.75, 3.05) is 0 Å². The van der Waals surface area contributed by atoms with Crippen LogP contribution < -0.4 is 0 Å². The Bertz CT molecular complexity index is 3090. The van der Waals surface area contributed by atoms with E-state index >= 15 is 0 Å². The molecule has 12 rings (SSSR count). The van der Waals surface area contributed by atoms with Crippen LogP contribution in [0.15, 0.2) is 158 Å². The van der Waals surface area contributed by atoms with Gasteiger partial charge in [0.15, 0.2) is 0 Å². The maximum atomic E-state index is 2.54. The molecule has 0 unspecified atom stereocenters. The van der Waals surface area contributed by atoms with Crippen LogP contribution in [0.5, 0.6) is 0 Å². The third-order valence-electron chi connectivity index (χ3n) is 13.5. The molecule has 2 aliphatic rings. The predicted molar refractivity (Wildman–Crippen MR) is 251 cm³/mol. The fourth-order valence-corrected chi connectivity index (χ4v) is 10.5. The third-order valence-corrected chi connectivity index (χ3v) is 13.5. The molecule has 276 valence electrons. The van der Waals surface area contributed by atoms with Crippen LogP contribution in [-0.2, 0) is 12.8 Å². The topological polar surface area (TPSA) is 0 Å². The van der Waals surface area contributed by atoms with Crippen LogP contribution in [-0.4, -0.2) is 0 Å². The third kappa shape index (κ3) is 4.94. The second kappa shape index (κ2) is 13.0. The molecule has 0 fully saturated rings. The van der Waals surface area contributed by atoms with Crippen molar-refractivity contribution in [3.8, 4) is 66.8 Å². The first kappa shape index (κ1) is 33.6. The molecular weight excluding hydrogens is 697 g/mol. The molecule has 0 aliphatic heterocycles. The van der Waals surface area contributed by atoms with Gasteiger partial charge in [0.1, 0.15) is 0 Å². The maximum absolute atomic E-state index is 2.54. The zero-order valence-electron chi connectivity index (χ0n) is 33.3. The van der Waals surface area contributed by atoms with Crippen LogP contribution in [0, 0.1) is 0 Å². The number of hydrogen-bond acceptors (Lipinski definition) is 0. The average molecular weight is 741 g/mol. The van der Waals surface area contributed by atoms with E-state index in [-0.39, 0.29) is 0 Å². The lowest BCUT2D eigenvalue weighted by Gasteiger charge is -2.19. The maximum Gasteiger partial charge on any atom is -0.00264 e. The van der Waals surface area contributed by atoms with E-state index in [1.807, 2.05) is 0 Å². The van der Waals surface area contributed by atoms with Crippen molar-refractivity contribution in [2.45, 2.75) is 52.4 Å². The molecule has 0 saturated carbocycles.